The van der Waals surface area contributed by atoms with Gasteiger partial charge >= 0.3 is 200 Å². The van der Waals surface area contributed by atoms with Crippen molar-refractivity contribution in [3.8, 4) is 11.1 Å². The molecule has 3 rings (SSSR count). The molecule has 0 spiro atoms. The predicted molar refractivity (Wildman–Crippen MR) is 131 cm³/mol. The molecule has 0 heterocycles. The first-order valence-electron chi connectivity index (χ1n) is 11.2. The van der Waals surface area contributed by atoms with Gasteiger partial charge in [-0.1, -0.05) is 0 Å². The average Bonchev–Trinajstić information content (AvgIpc) is 3.06. The molecule has 2 aromatic carbocycles. The van der Waals surface area contributed by atoms with Crippen LogP contribution in [0.25, 0.3) is 17.2 Å². The van der Waals surface area contributed by atoms with Gasteiger partial charge in [0.2, 0.25) is 0 Å². The Hall–Kier alpha value is -0.357. The summed E-state index contributed by atoms with van der Waals surface area (Å²) in [6.07, 6.45) is 2.42. The van der Waals surface area contributed by atoms with Crippen LogP contribution in [0.1, 0.15) is 105 Å². The molecule has 1 aliphatic rings. The van der Waals surface area contributed by atoms with E-state index in [9.17, 15) is 0 Å². The van der Waals surface area contributed by atoms with Crippen LogP contribution in [0, 0.1) is 5.92 Å². The van der Waals surface area contributed by atoms with Gasteiger partial charge in [-0.25, -0.2) is 0 Å². The van der Waals surface area contributed by atoms with Crippen LogP contribution in [0.4, 0.5) is 0 Å². The normalized spacial score (nSPS) is 16.1. The third-order valence-corrected chi connectivity index (χ3v) is 11.6. The molecule has 0 saturated carbocycles. The van der Waals surface area contributed by atoms with E-state index in [0.29, 0.717) is 23.7 Å². The zero-order valence-electron chi connectivity index (χ0n) is 19.6. The second-order valence-electron chi connectivity index (χ2n) is 9.91. The third kappa shape index (κ3) is 4.70. The van der Waals surface area contributed by atoms with E-state index in [4.69, 9.17) is 17.0 Å². The van der Waals surface area contributed by atoms with E-state index in [0.717, 1.165) is 0 Å². The van der Waals surface area contributed by atoms with E-state index < -0.39 is 19.4 Å². The van der Waals surface area contributed by atoms with Crippen LogP contribution in [0.15, 0.2) is 35.9 Å². The summed E-state index contributed by atoms with van der Waals surface area (Å²) in [5.74, 6) is 1.92. The Bertz CT molecular complexity index is 925. The quantitative estimate of drug-likeness (QED) is 0.355. The van der Waals surface area contributed by atoms with Crippen molar-refractivity contribution in [3.63, 3.8) is 0 Å². The van der Waals surface area contributed by atoms with Crippen LogP contribution in [-0.4, -0.2) is 0 Å². The van der Waals surface area contributed by atoms with Crippen LogP contribution in [0.3, 0.4) is 0 Å². The van der Waals surface area contributed by atoms with E-state index >= 15 is 0 Å². The van der Waals surface area contributed by atoms with Gasteiger partial charge in [0.25, 0.3) is 0 Å². The first-order chi connectivity index (χ1) is 14.0. The maximum atomic E-state index is 6.71. The molecule has 0 aliphatic heterocycles. The van der Waals surface area contributed by atoms with E-state index in [1.165, 1.54) is 44.5 Å². The molecule has 1 atom stereocenters. The molecular formula is C27H35Cl2Zr. The van der Waals surface area contributed by atoms with Crippen molar-refractivity contribution in [2.24, 2.45) is 5.92 Å². The van der Waals surface area contributed by atoms with Gasteiger partial charge in [0.15, 0.2) is 0 Å². The van der Waals surface area contributed by atoms with Crippen LogP contribution >= 0.6 is 17.0 Å². The van der Waals surface area contributed by atoms with Gasteiger partial charge in [-0.2, -0.15) is 0 Å². The van der Waals surface area contributed by atoms with Crippen molar-refractivity contribution in [1.82, 2.24) is 0 Å². The molecule has 0 fully saturated rings. The van der Waals surface area contributed by atoms with Gasteiger partial charge in [-0.15, -0.1) is 0 Å². The van der Waals surface area contributed by atoms with Crippen molar-refractivity contribution >= 4 is 23.1 Å². The van der Waals surface area contributed by atoms with Gasteiger partial charge in [-0.3, -0.25) is 0 Å². The monoisotopic (exact) mass is 519 g/mol. The number of fused-ring (bicyclic) bond motifs is 1. The van der Waals surface area contributed by atoms with E-state index in [1.54, 1.807) is 0 Å². The average molecular weight is 522 g/mol. The summed E-state index contributed by atoms with van der Waals surface area (Å²) in [5, 5.41) is 0. The van der Waals surface area contributed by atoms with Crippen molar-refractivity contribution in [2.45, 2.75) is 76.8 Å². The fourth-order valence-corrected chi connectivity index (χ4v) is 10.2. The Morgan fingerprint density at radius 1 is 0.733 bits per heavy atom. The van der Waals surface area contributed by atoms with Gasteiger partial charge < -0.3 is 0 Å². The molecular weight excluding hydrogens is 486 g/mol. The molecule has 3 heteroatoms. The minimum atomic E-state index is -2.51. The van der Waals surface area contributed by atoms with Crippen molar-refractivity contribution in [2.75, 3.05) is 0 Å². The molecule has 0 amide bonds. The molecule has 161 valence electrons. The Kier molecular flexibility index (Phi) is 7.81. The molecule has 0 bridgehead atoms. The molecule has 2 aromatic rings. The van der Waals surface area contributed by atoms with E-state index in [1.807, 2.05) is 0 Å². The summed E-state index contributed by atoms with van der Waals surface area (Å²) in [6, 6.07) is 11.9. The van der Waals surface area contributed by atoms with Crippen LogP contribution < -0.4 is 0 Å². The summed E-state index contributed by atoms with van der Waals surface area (Å²) in [5.41, 5.74) is 11.1. The summed E-state index contributed by atoms with van der Waals surface area (Å²) in [4.78, 5) is 0. The second-order valence-corrected chi connectivity index (χ2v) is 18.7. The number of benzene rings is 2. The fourth-order valence-electron chi connectivity index (χ4n) is 4.52. The summed E-state index contributed by atoms with van der Waals surface area (Å²) >= 11 is -2.51. The van der Waals surface area contributed by atoms with Crippen molar-refractivity contribution in [3.05, 3.63) is 63.7 Å². The Balaban J connectivity index is 2.36. The second kappa shape index (κ2) is 9.64. The Morgan fingerprint density at radius 3 is 1.73 bits per heavy atom. The first-order valence-corrected chi connectivity index (χ1v) is 19.0. The zero-order chi connectivity index (χ0) is 22.3. The standard InChI is InChI=1S/C27H35.2ClH.Zr/c1-16(2)21-12-22(17(3)4)14-24(13-21)27-25(19(7)8)10-9-20-11-23(18(5)6)15-26(20)27;;;/h9-19H,1-8H3;2*1H;/q;;;+2/p-2. The number of rotatable bonds is 6. The minimum absolute atomic E-state index is 0.267. The molecule has 1 unspecified atom stereocenters. The summed E-state index contributed by atoms with van der Waals surface area (Å²) < 4.78 is 0.267. The molecule has 0 saturated heterocycles. The number of hydrogen-bond donors (Lipinski definition) is 0. The molecule has 0 nitrogen and oxygen atoms in total. The maximum absolute atomic E-state index is 6.71. The molecule has 0 N–H and O–H groups in total. The SMILES string of the molecule is CC(C)C1=Cc2c(ccc(C(C)C)c2-c2cc(C(C)C)cc(C(C)C)c2)[CH]1[Zr]([Cl])[Cl]. The number of halogens is 2. The van der Waals surface area contributed by atoms with Crippen molar-refractivity contribution in [1.29, 1.82) is 0 Å². The number of allylic oxidation sites excluding steroid dienone is 1. The number of hydrogen-bond acceptors (Lipinski definition) is 0. The predicted octanol–water partition coefficient (Wildman–Crippen LogP) is 9.74. The Labute approximate surface area is 198 Å². The van der Waals surface area contributed by atoms with E-state index in [2.05, 4.69) is 91.8 Å². The van der Waals surface area contributed by atoms with Crippen molar-refractivity contribution < 1.29 is 19.4 Å². The van der Waals surface area contributed by atoms with Gasteiger partial charge in [0.1, 0.15) is 0 Å². The Morgan fingerprint density at radius 2 is 1.30 bits per heavy atom. The zero-order valence-corrected chi connectivity index (χ0v) is 23.6. The van der Waals surface area contributed by atoms with E-state index in [-0.39, 0.29) is 3.63 Å². The molecule has 0 radical (unpaired) electrons. The topological polar surface area (TPSA) is 0 Å². The van der Waals surface area contributed by atoms with Crippen LogP contribution in [0.5, 0.6) is 0 Å². The summed E-state index contributed by atoms with van der Waals surface area (Å²) in [7, 11) is 13.4. The molecule has 1 aliphatic carbocycles. The van der Waals surface area contributed by atoms with Crippen LogP contribution in [-0.2, 0) is 19.4 Å². The third-order valence-electron chi connectivity index (χ3n) is 6.37. The fraction of sp³-hybridized carbons (Fsp3) is 0.481. The van der Waals surface area contributed by atoms with Crippen LogP contribution in [0.2, 0.25) is 0 Å². The summed E-state index contributed by atoms with van der Waals surface area (Å²) in [6.45, 7) is 18.3. The molecule has 30 heavy (non-hydrogen) atoms. The van der Waals surface area contributed by atoms with Gasteiger partial charge in [-0.05, 0) is 0 Å². The molecule has 0 aromatic heterocycles. The van der Waals surface area contributed by atoms with Gasteiger partial charge in [0.05, 0.1) is 0 Å². The first kappa shape index (κ1) is 24.3. The van der Waals surface area contributed by atoms with Gasteiger partial charge in [0, 0.05) is 0 Å².